The van der Waals surface area contributed by atoms with Gasteiger partial charge in [-0.05, 0) is 83.3 Å². The molecule has 0 aliphatic carbocycles. The molecular formula is C23H39N. The minimum Gasteiger partial charge on any atom is -0.309 e. The van der Waals surface area contributed by atoms with Crippen molar-refractivity contribution in [2.24, 2.45) is 0 Å². The van der Waals surface area contributed by atoms with E-state index < -0.39 is 0 Å². The number of hydrogen-bond acceptors (Lipinski definition) is 1. The fraction of sp³-hybridized carbons (Fsp3) is 0.478. The lowest BCUT2D eigenvalue weighted by molar-refractivity contribution is 0.419. The Morgan fingerprint density at radius 1 is 1.12 bits per heavy atom. The third kappa shape index (κ3) is 10.2. The Hall–Kier alpha value is -1.60. The minimum absolute atomic E-state index is 0. The molecule has 1 aromatic carbocycles. The zero-order valence-electron chi connectivity index (χ0n) is 16.1. The van der Waals surface area contributed by atoms with Gasteiger partial charge in [0.1, 0.15) is 0 Å². The van der Waals surface area contributed by atoms with Gasteiger partial charge in [-0.25, -0.2) is 0 Å². The van der Waals surface area contributed by atoms with Crippen LogP contribution in [0.4, 0.5) is 0 Å². The minimum atomic E-state index is 0. The highest BCUT2D eigenvalue weighted by Crippen LogP contribution is 2.25. The number of aryl methyl sites for hydroxylation is 2. The Morgan fingerprint density at radius 3 is 2.00 bits per heavy atom. The molecule has 0 aliphatic heterocycles. The van der Waals surface area contributed by atoms with Crippen LogP contribution in [-0.2, 0) is 0 Å². The maximum Gasteiger partial charge on any atom is 0.00158 e. The maximum atomic E-state index is 3.74. The monoisotopic (exact) mass is 329 g/mol. The average molecular weight is 330 g/mol. The first kappa shape index (κ1) is 24.6. The molecule has 0 atom stereocenters. The SMILES string of the molecule is C.C/C=C(/CCN(C)C)c1c(C)cccc1C.C=CCCC(=C)C. The van der Waals surface area contributed by atoms with Crippen molar-refractivity contribution in [3.63, 3.8) is 0 Å². The van der Waals surface area contributed by atoms with Crippen LogP contribution in [0.3, 0.4) is 0 Å². The Bertz CT molecular complexity index is 501. The van der Waals surface area contributed by atoms with Crippen LogP contribution in [-0.4, -0.2) is 25.5 Å². The summed E-state index contributed by atoms with van der Waals surface area (Å²) >= 11 is 0. The van der Waals surface area contributed by atoms with E-state index >= 15 is 0 Å². The van der Waals surface area contributed by atoms with Crippen LogP contribution in [0.15, 0.2) is 49.1 Å². The molecule has 24 heavy (non-hydrogen) atoms. The third-order valence-corrected chi connectivity index (χ3v) is 3.75. The molecule has 1 heteroatoms. The van der Waals surface area contributed by atoms with Gasteiger partial charge >= 0.3 is 0 Å². The molecule has 1 rings (SSSR count). The van der Waals surface area contributed by atoms with Crippen molar-refractivity contribution in [3.05, 3.63) is 65.8 Å². The Balaban J connectivity index is 0. The fourth-order valence-corrected chi connectivity index (χ4v) is 2.43. The fourth-order valence-electron chi connectivity index (χ4n) is 2.43. The Kier molecular flexibility index (Phi) is 14.2. The molecule has 0 heterocycles. The second kappa shape index (κ2) is 13.8. The van der Waals surface area contributed by atoms with E-state index in [0.717, 1.165) is 25.8 Å². The highest BCUT2D eigenvalue weighted by molar-refractivity contribution is 5.70. The number of benzene rings is 1. The molecule has 0 aromatic heterocycles. The van der Waals surface area contributed by atoms with E-state index in [-0.39, 0.29) is 7.43 Å². The van der Waals surface area contributed by atoms with Crippen LogP contribution in [0, 0.1) is 13.8 Å². The lowest BCUT2D eigenvalue weighted by atomic mass is 9.93. The lowest BCUT2D eigenvalue weighted by Crippen LogP contribution is -2.13. The topological polar surface area (TPSA) is 3.24 Å². The number of rotatable bonds is 7. The van der Waals surface area contributed by atoms with E-state index in [0.29, 0.717) is 0 Å². The van der Waals surface area contributed by atoms with Gasteiger partial charge in [0, 0.05) is 6.54 Å². The molecule has 0 radical (unpaired) electrons. The van der Waals surface area contributed by atoms with Crippen molar-refractivity contribution < 1.29 is 0 Å². The largest absolute Gasteiger partial charge is 0.309 e. The molecule has 136 valence electrons. The molecule has 0 amide bonds. The van der Waals surface area contributed by atoms with Gasteiger partial charge in [-0.1, -0.05) is 43.4 Å². The Morgan fingerprint density at radius 2 is 1.67 bits per heavy atom. The van der Waals surface area contributed by atoms with E-state index in [1.165, 1.54) is 27.8 Å². The molecule has 1 aromatic rings. The molecule has 0 fully saturated rings. The number of allylic oxidation sites excluding steroid dienone is 3. The second-order valence-electron chi connectivity index (χ2n) is 6.42. The van der Waals surface area contributed by atoms with Gasteiger partial charge in [0.15, 0.2) is 0 Å². The zero-order valence-corrected chi connectivity index (χ0v) is 16.1. The number of nitrogens with zero attached hydrogens (tertiary/aromatic N) is 1. The quantitative estimate of drug-likeness (QED) is 0.496. The summed E-state index contributed by atoms with van der Waals surface area (Å²) in [6, 6.07) is 6.52. The molecule has 0 spiro atoms. The Labute approximate surface area is 151 Å². The zero-order chi connectivity index (χ0) is 17.8. The summed E-state index contributed by atoms with van der Waals surface area (Å²) in [6.45, 7) is 17.0. The van der Waals surface area contributed by atoms with Crippen molar-refractivity contribution in [2.45, 2.75) is 54.4 Å². The summed E-state index contributed by atoms with van der Waals surface area (Å²) in [5, 5.41) is 0. The highest BCUT2D eigenvalue weighted by atomic mass is 15.0. The molecule has 0 aliphatic rings. The van der Waals surface area contributed by atoms with Crippen LogP contribution in [0.1, 0.15) is 57.2 Å². The van der Waals surface area contributed by atoms with Crippen LogP contribution >= 0.6 is 0 Å². The molecule has 0 bridgehead atoms. The summed E-state index contributed by atoms with van der Waals surface area (Å²) in [6.07, 6.45) is 7.43. The van der Waals surface area contributed by atoms with Crippen LogP contribution in [0.5, 0.6) is 0 Å². The van der Waals surface area contributed by atoms with E-state index in [2.05, 4.69) is 77.2 Å². The standard InChI is InChI=1S/C15H23N.C7H12.CH4/c1-6-14(10-11-16(4)5)15-12(2)8-7-9-13(15)3;1-4-5-6-7(2)3;/h6-9H,10-11H2,1-5H3;4H,1-2,5-6H2,3H3;1H4/b14-6-;;. The van der Waals surface area contributed by atoms with Crippen LogP contribution in [0.2, 0.25) is 0 Å². The van der Waals surface area contributed by atoms with Crippen molar-refractivity contribution in [2.75, 3.05) is 20.6 Å². The van der Waals surface area contributed by atoms with Gasteiger partial charge in [-0.2, -0.15) is 0 Å². The lowest BCUT2D eigenvalue weighted by Gasteiger charge is -2.16. The van der Waals surface area contributed by atoms with Gasteiger partial charge in [0.2, 0.25) is 0 Å². The van der Waals surface area contributed by atoms with Crippen molar-refractivity contribution in [1.82, 2.24) is 4.90 Å². The summed E-state index contributed by atoms with van der Waals surface area (Å²) in [4.78, 5) is 2.23. The summed E-state index contributed by atoms with van der Waals surface area (Å²) in [7, 11) is 4.25. The highest BCUT2D eigenvalue weighted by Gasteiger charge is 2.07. The van der Waals surface area contributed by atoms with E-state index in [1.54, 1.807) is 0 Å². The van der Waals surface area contributed by atoms with E-state index in [9.17, 15) is 0 Å². The first-order chi connectivity index (χ1) is 10.8. The number of hydrogen-bond donors (Lipinski definition) is 0. The normalized spacial score (nSPS) is 10.5. The molecule has 0 saturated carbocycles. The van der Waals surface area contributed by atoms with Crippen molar-refractivity contribution in [3.8, 4) is 0 Å². The smallest absolute Gasteiger partial charge is 0.00158 e. The third-order valence-electron chi connectivity index (χ3n) is 3.75. The summed E-state index contributed by atoms with van der Waals surface area (Å²) < 4.78 is 0. The van der Waals surface area contributed by atoms with Gasteiger partial charge in [-0.3, -0.25) is 0 Å². The van der Waals surface area contributed by atoms with Crippen molar-refractivity contribution in [1.29, 1.82) is 0 Å². The van der Waals surface area contributed by atoms with Crippen molar-refractivity contribution >= 4 is 5.57 Å². The summed E-state index contributed by atoms with van der Waals surface area (Å²) in [5.74, 6) is 0. The van der Waals surface area contributed by atoms with Crippen LogP contribution < -0.4 is 0 Å². The first-order valence-electron chi connectivity index (χ1n) is 8.45. The summed E-state index contributed by atoms with van der Waals surface area (Å²) in [5.41, 5.74) is 6.90. The van der Waals surface area contributed by atoms with Gasteiger partial charge < -0.3 is 4.90 Å². The molecule has 0 saturated heterocycles. The van der Waals surface area contributed by atoms with Gasteiger partial charge in [-0.15, -0.1) is 13.2 Å². The molecule has 0 unspecified atom stereocenters. The average Bonchev–Trinajstić information content (AvgIpc) is 2.48. The molecular weight excluding hydrogens is 290 g/mol. The van der Waals surface area contributed by atoms with Gasteiger partial charge in [0.25, 0.3) is 0 Å². The van der Waals surface area contributed by atoms with Crippen LogP contribution in [0.25, 0.3) is 5.57 Å². The maximum absolute atomic E-state index is 3.74. The van der Waals surface area contributed by atoms with E-state index in [4.69, 9.17) is 0 Å². The van der Waals surface area contributed by atoms with Gasteiger partial charge in [0.05, 0.1) is 0 Å². The molecule has 0 N–H and O–H groups in total. The van der Waals surface area contributed by atoms with E-state index in [1.807, 2.05) is 13.0 Å². The first-order valence-corrected chi connectivity index (χ1v) is 8.45. The predicted molar refractivity (Wildman–Crippen MR) is 114 cm³/mol. The second-order valence-corrected chi connectivity index (χ2v) is 6.42. The predicted octanol–water partition coefficient (Wildman–Crippen LogP) is 6.82. The molecule has 1 nitrogen and oxygen atoms in total.